The number of hydrogen-bond acceptors (Lipinski definition) is 3. The number of hydrogen-bond donors (Lipinski definition) is 2. The van der Waals surface area contributed by atoms with Gasteiger partial charge in [0.05, 0.1) is 0 Å². The summed E-state index contributed by atoms with van der Waals surface area (Å²) in [7, 11) is 3.61. The number of carbonyl (C=O) groups excluding carboxylic acids is 1. The average Bonchev–Trinajstić information content (AvgIpc) is 2.29. The Morgan fingerprint density at radius 1 is 1.38 bits per heavy atom. The molecule has 1 aromatic carbocycles. The molecule has 4 nitrogen and oxygen atoms in total. The van der Waals surface area contributed by atoms with E-state index in [1.807, 2.05) is 19.2 Å². The Morgan fingerprint density at radius 3 is 2.56 bits per heavy atom. The third-order valence-electron chi connectivity index (χ3n) is 2.37. The number of nitrogens with one attached hydrogen (secondary N) is 1. The second-order valence-electron chi connectivity index (χ2n) is 3.77. The summed E-state index contributed by atoms with van der Waals surface area (Å²) < 4.78 is 0. The van der Waals surface area contributed by atoms with E-state index in [-0.39, 0.29) is 11.7 Å². The summed E-state index contributed by atoms with van der Waals surface area (Å²) in [6, 6.07) is 6.89. The summed E-state index contributed by atoms with van der Waals surface area (Å²) in [6.07, 6.45) is 0.505. The van der Waals surface area contributed by atoms with E-state index in [0.717, 1.165) is 5.56 Å². The number of benzene rings is 1. The van der Waals surface area contributed by atoms with Gasteiger partial charge in [0.25, 0.3) is 0 Å². The summed E-state index contributed by atoms with van der Waals surface area (Å²) in [5.74, 6) is 0.357. The Kier molecular flexibility index (Phi) is 4.79. The Bertz CT molecular complexity index is 335. The van der Waals surface area contributed by atoms with Gasteiger partial charge >= 0.3 is 0 Å². The highest BCUT2D eigenvalue weighted by molar-refractivity contribution is 5.76. The standard InChI is InChI=1S/C12H18N2O2/c1-13-8-7-12(16)14(2)9-10-3-5-11(15)6-4-10/h3-6,13,15H,7-9H2,1-2H3. The lowest BCUT2D eigenvalue weighted by molar-refractivity contribution is -0.130. The molecule has 0 atom stereocenters. The minimum atomic E-state index is 0.113. The number of nitrogens with zero attached hydrogens (tertiary/aromatic N) is 1. The maximum Gasteiger partial charge on any atom is 0.223 e. The molecule has 0 aliphatic rings. The minimum Gasteiger partial charge on any atom is -0.508 e. The molecule has 0 aliphatic heterocycles. The lowest BCUT2D eigenvalue weighted by Gasteiger charge is -2.17. The van der Waals surface area contributed by atoms with E-state index in [1.54, 1.807) is 24.1 Å². The van der Waals surface area contributed by atoms with Crippen LogP contribution in [0.5, 0.6) is 5.75 Å². The van der Waals surface area contributed by atoms with Crippen LogP contribution in [0.2, 0.25) is 0 Å². The summed E-state index contributed by atoms with van der Waals surface area (Å²) in [5, 5.41) is 12.1. The number of rotatable bonds is 5. The molecule has 1 aromatic rings. The van der Waals surface area contributed by atoms with Gasteiger partial charge in [0, 0.05) is 26.6 Å². The fourth-order valence-electron chi connectivity index (χ4n) is 1.39. The Morgan fingerprint density at radius 2 is 2.00 bits per heavy atom. The van der Waals surface area contributed by atoms with Crippen LogP contribution in [0.3, 0.4) is 0 Å². The highest BCUT2D eigenvalue weighted by atomic mass is 16.3. The van der Waals surface area contributed by atoms with Gasteiger partial charge in [-0.3, -0.25) is 4.79 Å². The highest BCUT2D eigenvalue weighted by Crippen LogP contribution is 2.11. The monoisotopic (exact) mass is 222 g/mol. The van der Waals surface area contributed by atoms with Gasteiger partial charge in [0.15, 0.2) is 0 Å². The molecule has 0 aromatic heterocycles. The van der Waals surface area contributed by atoms with E-state index in [2.05, 4.69) is 5.32 Å². The lowest BCUT2D eigenvalue weighted by Crippen LogP contribution is -2.28. The van der Waals surface area contributed by atoms with Crippen LogP contribution in [-0.4, -0.2) is 36.6 Å². The van der Waals surface area contributed by atoms with Crippen molar-refractivity contribution in [3.05, 3.63) is 29.8 Å². The van der Waals surface area contributed by atoms with Gasteiger partial charge in [0.1, 0.15) is 5.75 Å². The molecule has 2 N–H and O–H groups in total. The quantitative estimate of drug-likeness (QED) is 0.780. The predicted molar refractivity (Wildman–Crippen MR) is 63.1 cm³/mol. The zero-order valence-corrected chi connectivity index (χ0v) is 9.73. The molecule has 1 rings (SSSR count). The number of amides is 1. The van der Waals surface area contributed by atoms with E-state index in [4.69, 9.17) is 5.11 Å². The van der Waals surface area contributed by atoms with Gasteiger partial charge in [0.2, 0.25) is 5.91 Å². The van der Waals surface area contributed by atoms with E-state index < -0.39 is 0 Å². The molecule has 0 unspecified atom stereocenters. The number of aromatic hydroxyl groups is 1. The Hall–Kier alpha value is -1.55. The molecular weight excluding hydrogens is 204 g/mol. The molecule has 1 amide bonds. The third-order valence-corrected chi connectivity index (χ3v) is 2.37. The van der Waals surface area contributed by atoms with Crippen molar-refractivity contribution in [3.8, 4) is 5.75 Å². The molecule has 4 heteroatoms. The number of phenolic OH excluding ortho intramolecular Hbond substituents is 1. The molecule has 0 aliphatic carbocycles. The average molecular weight is 222 g/mol. The van der Waals surface area contributed by atoms with E-state index in [0.29, 0.717) is 19.5 Å². The van der Waals surface area contributed by atoms with E-state index >= 15 is 0 Å². The molecule has 0 fully saturated rings. The van der Waals surface area contributed by atoms with Crippen molar-refractivity contribution in [1.82, 2.24) is 10.2 Å². The van der Waals surface area contributed by atoms with Gasteiger partial charge in [-0.05, 0) is 24.7 Å². The van der Waals surface area contributed by atoms with Crippen LogP contribution in [-0.2, 0) is 11.3 Å². The molecule has 0 radical (unpaired) electrons. The molecule has 0 bridgehead atoms. The smallest absolute Gasteiger partial charge is 0.223 e. The first-order valence-corrected chi connectivity index (χ1v) is 5.30. The minimum absolute atomic E-state index is 0.113. The van der Waals surface area contributed by atoms with Crippen molar-refractivity contribution < 1.29 is 9.90 Å². The fourth-order valence-corrected chi connectivity index (χ4v) is 1.39. The van der Waals surface area contributed by atoms with Crippen molar-refractivity contribution >= 4 is 5.91 Å². The van der Waals surface area contributed by atoms with Crippen molar-refractivity contribution in [2.24, 2.45) is 0 Å². The van der Waals surface area contributed by atoms with Gasteiger partial charge in [-0.15, -0.1) is 0 Å². The number of carbonyl (C=O) groups is 1. The first kappa shape index (κ1) is 12.5. The first-order chi connectivity index (χ1) is 7.63. The predicted octanol–water partition coefficient (Wildman–Crippen LogP) is 0.960. The van der Waals surface area contributed by atoms with Crippen molar-refractivity contribution in [1.29, 1.82) is 0 Å². The number of phenols is 1. The maximum atomic E-state index is 11.6. The SMILES string of the molecule is CNCCC(=O)N(C)Cc1ccc(O)cc1. The summed E-state index contributed by atoms with van der Waals surface area (Å²) in [6.45, 7) is 1.27. The maximum absolute atomic E-state index is 11.6. The van der Waals surface area contributed by atoms with Crippen LogP contribution >= 0.6 is 0 Å². The van der Waals surface area contributed by atoms with Crippen LogP contribution in [0, 0.1) is 0 Å². The van der Waals surface area contributed by atoms with Crippen molar-refractivity contribution in [2.75, 3.05) is 20.6 Å². The molecule has 88 valence electrons. The second-order valence-corrected chi connectivity index (χ2v) is 3.77. The van der Waals surface area contributed by atoms with Crippen molar-refractivity contribution in [3.63, 3.8) is 0 Å². The Labute approximate surface area is 95.9 Å². The van der Waals surface area contributed by atoms with Crippen LogP contribution in [0.15, 0.2) is 24.3 Å². The van der Waals surface area contributed by atoms with Crippen LogP contribution in [0.25, 0.3) is 0 Å². The van der Waals surface area contributed by atoms with Gasteiger partial charge in [-0.1, -0.05) is 12.1 Å². The molecule has 0 spiro atoms. The second kappa shape index (κ2) is 6.12. The molecule has 0 saturated heterocycles. The van der Waals surface area contributed by atoms with Crippen LogP contribution in [0.1, 0.15) is 12.0 Å². The van der Waals surface area contributed by atoms with Gasteiger partial charge in [-0.25, -0.2) is 0 Å². The molecule has 0 saturated carbocycles. The first-order valence-electron chi connectivity index (χ1n) is 5.30. The summed E-state index contributed by atoms with van der Waals surface area (Å²) in [4.78, 5) is 13.3. The summed E-state index contributed by atoms with van der Waals surface area (Å²) in [5.41, 5.74) is 1.01. The Balaban J connectivity index is 2.47. The molecule has 16 heavy (non-hydrogen) atoms. The zero-order chi connectivity index (χ0) is 12.0. The van der Waals surface area contributed by atoms with Crippen molar-refractivity contribution in [2.45, 2.75) is 13.0 Å². The van der Waals surface area contributed by atoms with E-state index in [1.165, 1.54) is 0 Å². The zero-order valence-electron chi connectivity index (χ0n) is 9.73. The molecule has 0 heterocycles. The summed E-state index contributed by atoms with van der Waals surface area (Å²) >= 11 is 0. The van der Waals surface area contributed by atoms with Gasteiger partial charge < -0.3 is 15.3 Å². The van der Waals surface area contributed by atoms with Crippen LogP contribution < -0.4 is 5.32 Å². The van der Waals surface area contributed by atoms with Crippen LogP contribution in [0.4, 0.5) is 0 Å². The molecular formula is C12H18N2O2. The third kappa shape index (κ3) is 3.90. The van der Waals surface area contributed by atoms with E-state index in [9.17, 15) is 4.79 Å². The normalized spacial score (nSPS) is 10.1. The van der Waals surface area contributed by atoms with Gasteiger partial charge in [-0.2, -0.15) is 0 Å². The topological polar surface area (TPSA) is 52.6 Å². The lowest BCUT2D eigenvalue weighted by atomic mass is 10.2. The largest absolute Gasteiger partial charge is 0.508 e. The highest BCUT2D eigenvalue weighted by Gasteiger charge is 2.08. The fraction of sp³-hybridized carbons (Fsp3) is 0.417.